The maximum atomic E-state index is 8.59. The van der Waals surface area contributed by atoms with E-state index in [0.29, 0.717) is 6.61 Å². The second kappa shape index (κ2) is 6.70. The monoisotopic (exact) mass is 274 g/mol. The van der Waals surface area contributed by atoms with Gasteiger partial charge in [0.05, 0.1) is 5.71 Å². The molecule has 0 bridgehead atoms. The zero-order chi connectivity index (χ0) is 14.4. The summed E-state index contributed by atoms with van der Waals surface area (Å²) in [4.78, 5) is 4.10. The summed E-state index contributed by atoms with van der Waals surface area (Å²) in [7, 11) is 1.83. The van der Waals surface area contributed by atoms with Crippen molar-refractivity contribution >= 4 is 5.71 Å². The maximum absolute atomic E-state index is 8.59. The van der Waals surface area contributed by atoms with Crippen molar-refractivity contribution in [3.8, 4) is 5.75 Å². The predicted molar refractivity (Wildman–Crippen MR) is 75.0 cm³/mol. The largest absolute Gasteiger partial charge is 0.486 e. The Balaban J connectivity index is 1.87. The van der Waals surface area contributed by atoms with E-state index < -0.39 is 0 Å². The van der Waals surface area contributed by atoms with Crippen molar-refractivity contribution in [2.24, 2.45) is 12.2 Å². The molecule has 0 unspecified atom stereocenters. The molecule has 1 aromatic heterocycles. The first-order chi connectivity index (χ1) is 9.69. The van der Waals surface area contributed by atoms with Crippen molar-refractivity contribution in [3.05, 3.63) is 42.0 Å². The highest BCUT2D eigenvalue weighted by molar-refractivity contribution is 5.81. The Morgan fingerprint density at radius 1 is 1.35 bits per heavy atom. The fraction of sp³-hybridized carbons (Fsp3) is 0.357. The molecule has 0 aliphatic carbocycles. The number of rotatable bonds is 6. The van der Waals surface area contributed by atoms with E-state index in [4.69, 9.17) is 9.94 Å². The van der Waals surface area contributed by atoms with Crippen LogP contribution in [0.4, 0.5) is 0 Å². The minimum Gasteiger partial charge on any atom is -0.486 e. The minimum atomic E-state index is 0.395. The number of hydrogen-bond donors (Lipinski definition) is 1. The van der Waals surface area contributed by atoms with Gasteiger partial charge in [-0.2, -0.15) is 5.10 Å². The van der Waals surface area contributed by atoms with Crippen LogP contribution in [0.2, 0.25) is 0 Å². The van der Waals surface area contributed by atoms with Crippen molar-refractivity contribution in [2.75, 3.05) is 0 Å². The summed E-state index contributed by atoms with van der Waals surface area (Å²) < 4.78 is 7.33. The van der Waals surface area contributed by atoms with Gasteiger partial charge in [-0.1, -0.05) is 17.3 Å². The molecule has 0 aliphatic heterocycles. The average Bonchev–Trinajstić information content (AvgIpc) is 2.89. The highest BCUT2D eigenvalue weighted by atomic mass is 16.5. The van der Waals surface area contributed by atoms with Crippen LogP contribution < -0.4 is 4.74 Å². The van der Waals surface area contributed by atoms with Gasteiger partial charge < -0.3 is 9.94 Å². The van der Waals surface area contributed by atoms with Crippen molar-refractivity contribution in [2.45, 2.75) is 26.4 Å². The van der Waals surface area contributed by atoms with Crippen LogP contribution in [0.1, 0.15) is 24.7 Å². The van der Waals surface area contributed by atoms with Crippen LogP contribution in [0.25, 0.3) is 0 Å². The molecule has 1 N–H and O–H groups in total. The first-order valence-corrected chi connectivity index (χ1v) is 6.41. The molecule has 2 aromatic rings. The Morgan fingerprint density at radius 3 is 2.70 bits per heavy atom. The molecule has 0 spiro atoms. The Morgan fingerprint density at radius 2 is 2.10 bits per heavy atom. The summed E-state index contributed by atoms with van der Waals surface area (Å²) in [6.45, 7) is 2.20. The summed E-state index contributed by atoms with van der Waals surface area (Å²) in [6.07, 6.45) is 3.10. The van der Waals surface area contributed by atoms with E-state index >= 15 is 0 Å². The van der Waals surface area contributed by atoms with Gasteiger partial charge in [-0.15, -0.1) is 0 Å². The lowest BCUT2D eigenvalue weighted by atomic mass is 10.1. The Labute approximate surface area is 117 Å². The van der Waals surface area contributed by atoms with Crippen LogP contribution in [0.5, 0.6) is 5.75 Å². The number of hydrogen-bond acceptors (Lipinski definition) is 5. The third kappa shape index (κ3) is 3.81. The quantitative estimate of drug-likeness (QED) is 0.498. The summed E-state index contributed by atoms with van der Waals surface area (Å²) in [5.41, 5.74) is 1.91. The van der Waals surface area contributed by atoms with Crippen molar-refractivity contribution < 1.29 is 9.94 Å². The van der Waals surface area contributed by atoms with E-state index in [1.54, 1.807) is 11.6 Å². The first-order valence-electron chi connectivity index (χ1n) is 6.41. The van der Waals surface area contributed by atoms with Gasteiger partial charge in [-0.3, -0.25) is 4.68 Å². The molecule has 1 heterocycles. The molecular formula is C14H18N4O2. The Hall–Kier alpha value is -2.37. The van der Waals surface area contributed by atoms with E-state index in [-0.39, 0.29) is 0 Å². The molecular weight excluding hydrogens is 256 g/mol. The van der Waals surface area contributed by atoms with Crippen LogP contribution >= 0.6 is 0 Å². The van der Waals surface area contributed by atoms with Gasteiger partial charge in [0.25, 0.3) is 0 Å². The van der Waals surface area contributed by atoms with E-state index in [0.717, 1.165) is 30.1 Å². The molecule has 1 aromatic carbocycles. The lowest BCUT2D eigenvalue weighted by molar-refractivity contribution is 0.289. The summed E-state index contributed by atoms with van der Waals surface area (Å²) in [6, 6.07) is 7.88. The van der Waals surface area contributed by atoms with E-state index in [2.05, 4.69) is 15.2 Å². The molecule has 0 saturated heterocycles. The van der Waals surface area contributed by atoms with Gasteiger partial charge >= 0.3 is 0 Å². The lowest BCUT2D eigenvalue weighted by Crippen LogP contribution is -2.04. The van der Waals surface area contributed by atoms with Crippen molar-refractivity contribution in [3.63, 3.8) is 0 Å². The predicted octanol–water partition coefficient (Wildman–Crippen LogP) is 2.18. The first kappa shape index (κ1) is 14.0. The fourth-order valence-corrected chi connectivity index (χ4v) is 1.73. The molecule has 20 heavy (non-hydrogen) atoms. The third-order valence-electron chi connectivity index (χ3n) is 3.04. The van der Waals surface area contributed by atoms with Crippen LogP contribution in [-0.4, -0.2) is 25.7 Å². The van der Waals surface area contributed by atoms with Crippen molar-refractivity contribution in [1.29, 1.82) is 0 Å². The van der Waals surface area contributed by atoms with Crippen LogP contribution in [0.3, 0.4) is 0 Å². The second-order valence-electron chi connectivity index (χ2n) is 4.57. The van der Waals surface area contributed by atoms with Gasteiger partial charge in [0.15, 0.2) is 5.82 Å². The molecule has 0 fully saturated rings. The number of oxime groups is 1. The van der Waals surface area contributed by atoms with E-state index in [1.807, 2.05) is 31.3 Å². The van der Waals surface area contributed by atoms with Crippen LogP contribution in [0, 0.1) is 0 Å². The Bertz CT molecular complexity index is 575. The molecule has 0 amide bonds. The number of benzene rings is 1. The normalized spacial score (nSPS) is 11.6. The van der Waals surface area contributed by atoms with Gasteiger partial charge in [-0.05, 0) is 37.5 Å². The van der Waals surface area contributed by atoms with Gasteiger partial charge in [-0.25, -0.2) is 4.98 Å². The molecule has 2 rings (SSSR count). The average molecular weight is 274 g/mol. The van der Waals surface area contributed by atoms with Gasteiger partial charge in [0, 0.05) is 7.05 Å². The minimum absolute atomic E-state index is 0.395. The third-order valence-corrected chi connectivity index (χ3v) is 3.04. The fourth-order valence-electron chi connectivity index (χ4n) is 1.73. The van der Waals surface area contributed by atoms with E-state index in [9.17, 15) is 0 Å². The summed E-state index contributed by atoms with van der Waals surface area (Å²) in [5, 5.41) is 15.7. The van der Waals surface area contributed by atoms with Gasteiger partial charge in [0.2, 0.25) is 0 Å². The number of ether oxygens (including phenoxy) is 1. The molecule has 0 radical (unpaired) electrons. The molecule has 106 valence electrons. The van der Waals surface area contributed by atoms with Crippen LogP contribution in [0.15, 0.2) is 35.7 Å². The highest BCUT2D eigenvalue weighted by Crippen LogP contribution is 2.14. The van der Waals surface area contributed by atoms with Gasteiger partial charge in [0.1, 0.15) is 18.7 Å². The number of aryl methyl sites for hydroxylation is 2. The second-order valence-corrected chi connectivity index (χ2v) is 4.57. The number of nitrogens with zero attached hydrogens (tertiary/aromatic N) is 4. The maximum Gasteiger partial charge on any atom is 0.164 e. The van der Waals surface area contributed by atoms with E-state index in [1.165, 1.54) is 11.9 Å². The zero-order valence-corrected chi connectivity index (χ0v) is 11.7. The molecule has 0 saturated carbocycles. The molecule has 6 nitrogen and oxygen atoms in total. The summed E-state index contributed by atoms with van der Waals surface area (Å²) >= 11 is 0. The molecule has 0 atom stereocenters. The summed E-state index contributed by atoms with van der Waals surface area (Å²) in [5.74, 6) is 1.58. The SMILES string of the molecule is CC(CCc1ccc(OCc2ncnn2C)cc1)=NO. The topological polar surface area (TPSA) is 72.5 Å². The number of aromatic nitrogens is 3. The Kier molecular flexibility index (Phi) is 4.70. The van der Waals surface area contributed by atoms with Crippen LogP contribution in [-0.2, 0) is 20.1 Å². The van der Waals surface area contributed by atoms with Crippen molar-refractivity contribution in [1.82, 2.24) is 14.8 Å². The standard InChI is InChI=1S/C14H18N4O2/c1-11(17-19)3-4-12-5-7-13(8-6-12)20-9-14-15-10-16-18(14)2/h5-8,10,19H,3-4,9H2,1-2H3. The lowest BCUT2D eigenvalue weighted by Gasteiger charge is -2.06. The molecule has 0 aliphatic rings. The smallest absolute Gasteiger partial charge is 0.164 e. The highest BCUT2D eigenvalue weighted by Gasteiger charge is 2.02. The zero-order valence-electron chi connectivity index (χ0n) is 11.7. The molecule has 6 heteroatoms.